The van der Waals surface area contributed by atoms with E-state index < -0.39 is 0 Å². The molecule has 0 bridgehead atoms. The van der Waals surface area contributed by atoms with Gasteiger partial charge in [-0.05, 0) is 82.6 Å². The highest BCUT2D eigenvalue weighted by Gasteiger charge is 2.23. The van der Waals surface area contributed by atoms with E-state index in [1.54, 1.807) is 0 Å². The van der Waals surface area contributed by atoms with Gasteiger partial charge in [-0.3, -0.25) is 14.4 Å². The SMILES string of the molecule is c1ccc(-n2c3cc4c(cc3c3cc5c(cc32)c2ccncc2n2c3ccncc3nc52)Cc2ccccc2-4)cc1. The van der Waals surface area contributed by atoms with E-state index in [1.165, 1.54) is 49.4 Å². The monoisotopic (exact) mass is 523 g/mol. The van der Waals surface area contributed by atoms with Gasteiger partial charge in [-0.15, -0.1) is 0 Å². The van der Waals surface area contributed by atoms with E-state index in [9.17, 15) is 0 Å². The minimum absolute atomic E-state index is 0.882. The highest BCUT2D eigenvalue weighted by molar-refractivity contribution is 6.22. The van der Waals surface area contributed by atoms with Crippen LogP contribution in [0.1, 0.15) is 11.1 Å². The van der Waals surface area contributed by atoms with Crippen molar-refractivity contribution in [1.82, 2.24) is 23.9 Å². The van der Waals surface area contributed by atoms with Gasteiger partial charge in [0.25, 0.3) is 0 Å². The Morgan fingerprint density at radius 3 is 2.29 bits per heavy atom. The molecule has 41 heavy (non-hydrogen) atoms. The molecule has 5 nitrogen and oxygen atoms in total. The van der Waals surface area contributed by atoms with E-state index in [-0.39, 0.29) is 0 Å². The largest absolute Gasteiger partial charge is 0.309 e. The molecule has 0 saturated heterocycles. The first-order valence-electron chi connectivity index (χ1n) is 13.9. The van der Waals surface area contributed by atoms with Gasteiger partial charge in [0.05, 0.1) is 34.5 Å². The topological polar surface area (TPSA) is 48.0 Å². The molecule has 0 N–H and O–H groups in total. The fourth-order valence-corrected chi connectivity index (χ4v) is 7.10. The third-order valence-electron chi connectivity index (χ3n) is 8.86. The number of para-hydroxylation sites is 1. The van der Waals surface area contributed by atoms with Crippen molar-refractivity contribution in [2.24, 2.45) is 0 Å². The summed E-state index contributed by atoms with van der Waals surface area (Å²) in [5.74, 6) is 0. The van der Waals surface area contributed by atoms with Crippen LogP contribution in [0.5, 0.6) is 0 Å². The summed E-state index contributed by atoms with van der Waals surface area (Å²) in [5.41, 5.74) is 12.9. The summed E-state index contributed by atoms with van der Waals surface area (Å²) in [5, 5.41) is 5.95. The number of hydrogen-bond donors (Lipinski definition) is 0. The Hall–Kier alpha value is -5.55. The summed E-state index contributed by atoms with van der Waals surface area (Å²) in [6.45, 7) is 0. The summed E-state index contributed by atoms with van der Waals surface area (Å²) in [4.78, 5) is 14.0. The molecule has 0 aliphatic heterocycles. The Kier molecular flexibility index (Phi) is 3.92. The Morgan fingerprint density at radius 1 is 0.537 bits per heavy atom. The van der Waals surface area contributed by atoms with Crippen molar-refractivity contribution < 1.29 is 0 Å². The first kappa shape index (κ1) is 21.3. The van der Waals surface area contributed by atoms with Crippen molar-refractivity contribution >= 4 is 60.2 Å². The molecule has 0 spiro atoms. The van der Waals surface area contributed by atoms with Gasteiger partial charge in [0.1, 0.15) is 11.2 Å². The lowest BCUT2D eigenvalue weighted by molar-refractivity contribution is 1.18. The van der Waals surface area contributed by atoms with Crippen molar-refractivity contribution in [1.29, 1.82) is 0 Å². The van der Waals surface area contributed by atoms with Crippen LogP contribution in [-0.4, -0.2) is 23.9 Å². The van der Waals surface area contributed by atoms with E-state index in [4.69, 9.17) is 4.98 Å². The molecule has 5 aromatic heterocycles. The number of pyridine rings is 3. The van der Waals surface area contributed by atoms with E-state index in [0.29, 0.717) is 0 Å². The third kappa shape index (κ3) is 2.72. The smallest absolute Gasteiger partial charge is 0.146 e. The Bertz CT molecular complexity index is 2550. The lowest BCUT2D eigenvalue weighted by Gasteiger charge is -2.11. The van der Waals surface area contributed by atoms with E-state index >= 15 is 0 Å². The molecule has 1 aliphatic rings. The van der Waals surface area contributed by atoms with Gasteiger partial charge in [0.15, 0.2) is 0 Å². The highest BCUT2D eigenvalue weighted by atomic mass is 15.0. The molecule has 0 amide bonds. The van der Waals surface area contributed by atoms with Crippen LogP contribution in [-0.2, 0) is 6.42 Å². The maximum absolute atomic E-state index is 5.10. The van der Waals surface area contributed by atoms with Crippen LogP contribution in [0.4, 0.5) is 0 Å². The highest BCUT2D eigenvalue weighted by Crippen LogP contribution is 2.44. The van der Waals surface area contributed by atoms with Crippen LogP contribution in [0.25, 0.3) is 77.0 Å². The van der Waals surface area contributed by atoms with Crippen LogP contribution in [0.2, 0.25) is 0 Å². The van der Waals surface area contributed by atoms with Crippen molar-refractivity contribution in [2.75, 3.05) is 0 Å². The van der Waals surface area contributed by atoms with Crippen molar-refractivity contribution in [3.63, 3.8) is 0 Å². The van der Waals surface area contributed by atoms with Gasteiger partial charge >= 0.3 is 0 Å². The molecule has 0 saturated carbocycles. The van der Waals surface area contributed by atoms with Crippen LogP contribution < -0.4 is 0 Å². The average Bonchev–Trinajstić information content (AvgIpc) is 3.69. The van der Waals surface area contributed by atoms with Gasteiger partial charge < -0.3 is 4.57 Å². The van der Waals surface area contributed by atoms with Crippen molar-refractivity contribution in [3.8, 4) is 16.8 Å². The molecular formula is C36H21N5. The van der Waals surface area contributed by atoms with E-state index in [2.05, 4.69) is 104 Å². The number of nitrogens with zero attached hydrogens (tertiary/aromatic N) is 5. The predicted molar refractivity (Wildman–Crippen MR) is 166 cm³/mol. The molecule has 190 valence electrons. The van der Waals surface area contributed by atoms with E-state index in [1.807, 2.05) is 30.9 Å². The summed E-state index contributed by atoms with van der Waals surface area (Å²) in [6.07, 6.45) is 8.47. The average molecular weight is 524 g/mol. The summed E-state index contributed by atoms with van der Waals surface area (Å²) >= 11 is 0. The quantitative estimate of drug-likeness (QED) is 0.204. The first-order chi connectivity index (χ1) is 20.3. The van der Waals surface area contributed by atoms with Gasteiger partial charge in [0.2, 0.25) is 0 Å². The Balaban J connectivity index is 1.43. The fraction of sp³-hybridized carbons (Fsp3) is 0.0278. The lowest BCUT2D eigenvalue weighted by atomic mass is 10.0. The molecule has 0 radical (unpaired) electrons. The predicted octanol–water partition coefficient (Wildman–Crippen LogP) is 8.25. The van der Waals surface area contributed by atoms with Gasteiger partial charge in [0, 0.05) is 39.6 Å². The maximum atomic E-state index is 5.10. The summed E-state index contributed by atoms with van der Waals surface area (Å²) in [6, 6.07) is 33.2. The van der Waals surface area contributed by atoms with Gasteiger partial charge in [-0.2, -0.15) is 0 Å². The molecule has 5 heteroatoms. The van der Waals surface area contributed by atoms with Crippen LogP contribution >= 0.6 is 0 Å². The number of aromatic nitrogens is 5. The number of benzene rings is 4. The number of rotatable bonds is 1. The van der Waals surface area contributed by atoms with E-state index in [0.717, 1.165) is 45.1 Å². The number of hydrogen-bond acceptors (Lipinski definition) is 3. The molecule has 0 atom stereocenters. The molecule has 0 fully saturated rings. The molecule has 0 unspecified atom stereocenters. The van der Waals surface area contributed by atoms with Crippen molar-refractivity contribution in [3.05, 3.63) is 127 Å². The molecule has 4 aromatic carbocycles. The lowest BCUT2D eigenvalue weighted by Crippen LogP contribution is -1.95. The second kappa shape index (κ2) is 7.55. The Labute approximate surface area is 234 Å². The normalized spacial score (nSPS) is 12.8. The first-order valence-corrected chi connectivity index (χ1v) is 13.9. The second-order valence-electron chi connectivity index (χ2n) is 11.0. The molecule has 5 heterocycles. The molecule has 9 aromatic rings. The Morgan fingerprint density at radius 2 is 1.34 bits per heavy atom. The van der Waals surface area contributed by atoms with Gasteiger partial charge in [-0.25, -0.2) is 4.98 Å². The third-order valence-corrected chi connectivity index (χ3v) is 8.86. The van der Waals surface area contributed by atoms with Crippen LogP contribution in [0.15, 0.2) is 116 Å². The minimum Gasteiger partial charge on any atom is -0.309 e. The molecule has 10 rings (SSSR count). The molecule has 1 aliphatic carbocycles. The molecular weight excluding hydrogens is 502 g/mol. The zero-order valence-electron chi connectivity index (χ0n) is 21.9. The van der Waals surface area contributed by atoms with Crippen LogP contribution in [0, 0.1) is 0 Å². The number of fused-ring (bicyclic) bond motifs is 14. The maximum Gasteiger partial charge on any atom is 0.146 e. The summed E-state index contributed by atoms with van der Waals surface area (Å²) < 4.78 is 4.66. The fourth-order valence-electron chi connectivity index (χ4n) is 7.10. The van der Waals surface area contributed by atoms with Crippen molar-refractivity contribution in [2.45, 2.75) is 6.42 Å². The minimum atomic E-state index is 0.882. The zero-order valence-corrected chi connectivity index (χ0v) is 21.9. The van der Waals surface area contributed by atoms with Gasteiger partial charge in [-0.1, -0.05) is 42.5 Å². The summed E-state index contributed by atoms with van der Waals surface area (Å²) in [7, 11) is 0. The zero-order chi connectivity index (χ0) is 26.7. The standard InChI is InChI=1S/C36H21N5/c1-2-7-23(8-3-1)40-33-17-26-22(14-21-6-4-5-9-24(21)26)15-28(33)29-16-30-27(18-34(29)40)25-10-12-38-20-35(25)41-32-11-13-37-19-31(32)39-36(30)41/h1-13,15-20H,14H2. The second-order valence-corrected chi connectivity index (χ2v) is 11.0. The van der Waals surface area contributed by atoms with Crippen LogP contribution in [0.3, 0.4) is 0 Å². The number of imidazole rings is 1.